The van der Waals surface area contributed by atoms with Crippen molar-refractivity contribution >= 4 is 29.2 Å². The Morgan fingerprint density at radius 2 is 1.81 bits per heavy atom. The maximum absolute atomic E-state index is 11.2. The SMILES string of the molecule is N#CN=C(N)N(CCCCCCOc1ccc(Cl)cc1)c1cc[n+](COC(=O)CN)cc1. The summed E-state index contributed by atoms with van der Waals surface area (Å²) in [4.78, 5) is 16.6. The van der Waals surface area contributed by atoms with Gasteiger partial charge < -0.3 is 25.8 Å². The number of rotatable bonds is 12. The molecule has 0 spiro atoms. The van der Waals surface area contributed by atoms with Gasteiger partial charge in [0.15, 0.2) is 12.4 Å². The Kier molecular flexibility index (Phi) is 10.8. The first-order chi connectivity index (χ1) is 15.5. The van der Waals surface area contributed by atoms with E-state index < -0.39 is 5.97 Å². The van der Waals surface area contributed by atoms with Gasteiger partial charge in [0.25, 0.3) is 6.73 Å². The zero-order valence-electron chi connectivity index (χ0n) is 17.8. The first kappa shape index (κ1) is 24.9. The first-order valence-corrected chi connectivity index (χ1v) is 10.6. The summed E-state index contributed by atoms with van der Waals surface area (Å²) in [6, 6.07) is 10.9. The van der Waals surface area contributed by atoms with E-state index in [1.165, 1.54) is 0 Å². The molecule has 32 heavy (non-hydrogen) atoms. The van der Waals surface area contributed by atoms with E-state index in [9.17, 15) is 4.79 Å². The number of nitrogens with two attached hydrogens (primary N) is 2. The number of unbranched alkanes of at least 4 members (excludes halogenated alkanes) is 3. The van der Waals surface area contributed by atoms with Gasteiger partial charge in [0, 0.05) is 23.7 Å². The lowest BCUT2D eigenvalue weighted by Crippen LogP contribution is -2.40. The van der Waals surface area contributed by atoms with E-state index in [2.05, 4.69) is 4.99 Å². The molecule has 170 valence electrons. The molecular formula is C22H28ClN6O3+. The number of guanidine groups is 1. The number of hydrogen-bond acceptors (Lipinski definition) is 6. The Bertz CT molecular complexity index is 913. The molecule has 0 radical (unpaired) electrons. The van der Waals surface area contributed by atoms with Crippen LogP contribution in [0.1, 0.15) is 25.7 Å². The van der Waals surface area contributed by atoms with Gasteiger partial charge >= 0.3 is 5.97 Å². The van der Waals surface area contributed by atoms with Crippen LogP contribution in [0.5, 0.6) is 5.75 Å². The maximum atomic E-state index is 11.2. The van der Waals surface area contributed by atoms with E-state index in [0.29, 0.717) is 18.2 Å². The highest BCUT2D eigenvalue weighted by Crippen LogP contribution is 2.16. The Hall–Kier alpha value is -3.35. The molecule has 0 atom stereocenters. The number of carbonyl (C=O) groups is 1. The molecule has 1 aromatic carbocycles. The lowest BCUT2D eigenvalue weighted by atomic mass is 10.2. The quantitative estimate of drug-likeness (QED) is 0.124. The summed E-state index contributed by atoms with van der Waals surface area (Å²) in [5.74, 6) is 0.457. The molecule has 1 heterocycles. The van der Waals surface area contributed by atoms with Crippen LogP contribution in [0, 0.1) is 11.5 Å². The Morgan fingerprint density at radius 3 is 2.47 bits per heavy atom. The number of carbonyl (C=O) groups excluding carboxylic acids is 1. The molecule has 2 rings (SSSR count). The molecule has 1 aromatic heterocycles. The first-order valence-electron chi connectivity index (χ1n) is 10.3. The van der Waals surface area contributed by atoms with Crippen molar-refractivity contribution in [1.29, 1.82) is 5.26 Å². The van der Waals surface area contributed by atoms with Crippen LogP contribution in [-0.4, -0.2) is 31.6 Å². The van der Waals surface area contributed by atoms with Gasteiger partial charge in [-0.25, -0.2) is 0 Å². The number of halogens is 1. The van der Waals surface area contributed by atoms with Gasteiger partial charge in [0.1, 0.15) is 5.75 Å². The Labute approximate surface area is 192 Å². The Morgan fingerprint density at radius 1 is 1.12 bits per heavy atom. The molecular weight excluding hydrogens is 432 g/mol. The van der Waals surface area contributed by atoms with Crippen molar-refractivity contribution in [3.63, 3.8) is 0 Å². The van der Waals surface area contributed by atoms with Crippen LogP contribution in [0.3, 0.4) is 0 Å². The standard InChI is InChI=1S/C22H28ClN6O3/c23-18-5-7-20(8-6-18)31-14-4-2-1-3-11-29(22(26)27-16-25)19-9-12-28(13-10-19)17-32-21(30)15-24/h5-10,12-13H,1-4,11,14-15,17,24H2,(H2,26,27)/q+1. The number of benzene rings is 1. The summed E-state index contributed by atoms with van der Waals surface area (Å²) >= 11 is 5.86. The van der Waals surface area contributed by atoms with Crippen LogP contribution in [-0.2, 0) is 16.3 Å². The fraction of sp³-hybridized carbons (Fsp3) is 0.364. The smallest absolute Gasteiger partial charge is 0.324 e. The number of hydrogen-bond donors (Lipinski definition) is 2. The fourth-order valence-electron chi connectivity index (χ4n) is 2.85. The lowest BCUT2D eigenvalue weighted by Gasteiger charge is -2.22. The minimum absolute atomic E-state index is 0.0656. The highest BCUT2D eigenvalue weighted by atomic mass is 35.5. The van der Waals surface area contributed by atoms with Gasteiger partial charge in [-0.05, 0) is 37.1 Å². The van der Waals surface area contributed by atoms with Crippen molar-refractivity contribution < 1.29 is 18.8 Å². The number of aromatic nitrogens is 1. The van der Waals surface area contributed by atoms with Crippen molar-refractivity contribution in [1.82, 2.24) is 0 Å². The Balaban J connectivity index is 1.79. The molecule has 9 nitrogen and oxygen atoms in total. The molecule has 10 heteroatoms. The van der Waals surface area contributed by atoms with Gasteiger partial charge in [0.2, 0.25) is 12.2 Å². The third-order valence-electron chi connectivity index (χ3n) is 4.53. The second-order valence-corrected chi connectivity index (χ2v) is 7.29. The largest absolute Gasteiger partial charge is 0.494 e. The average Bonchev–Trinajstić information content (AvgIpc) is 2.81. The second-order valence-electron chi connectivity index (χ2n) is 6.86. The second kappa shape index (κ2) is 13.9. The van der Waals surface area contributed by atoms with E-state index in [0.717, 1.165) is 37.1 Å². The van der Waals surface area contributed by atoms with Gasteiger partial charge in [-0.15, -0.1) is 4.99 Å². The normalized spacial score (nSPS) is 11.0. The van der Waals surface area contributed by atoms with Gasteiger partial charge in [-0.1, -0.05) is 24.4 Å². The van der Waals surface area contributed by atoms with Crippen molar-refractivity contribution in [2.75, 3.05) is 24.6 Å². The van der Waals surface area contributed by atoms with E-state index in [4.69, 9.17) is 37.8 Å². The number of esters is 1. The molecule has 0 amide bonds. The maximum Gasteiger partial charge on any atom is 0.324 e. The van der Waals surface area contributed by atoms with Crippen LogP contribution in [0.2, 0.25) is 5.02 Å². The van der Waals surface area contributed by atoms with Gasteiger partial charge in [0.05, 0.1) is 18.8 Å². The minimum Gasteiger partial charge on any atom is -0.494 e. The van der Waals surface area contributed by atoms with Crippen molar-refractivity contribution in [2.24, 2.45) is 16.5 Å². The van der Waals surface area contributed by atoms with E-state index in [1.807, 2.05) is 24.3 Å². The third-order valence-corrected chi connectivity index (χ3v) is 4.78. The number of aliphatic imine (C=N–C) groups is 1. The number of nitriles is 1. The van der Waals surface area contributed by atoms with Crippen LogP contribution >= 0.6 is 11.6 Å². The topological polar surface area (TPSA) is 131 Å². The van der Waals surface area contributed by atoms with Crippen LogP contribution in [0.15, 0.2) is 53.8 Å². The van der Waals surface area contributed by atoms with Gasteiger partial charge in [-0.3, -0.25) is 4.79 Å². The van der Waals surface area contributed by atoms with E-state index >= 15 is 0 Å². The van der Waals surface area contributed by atoms with Gasteiger partial charge in [-0.2, -0.15) is 9.83 Å². The monoisotopic (exact) mass is 459 g/mol. The number of pyridine rings is 1. The molecule has 0 unspecified atom stereocenters. The molecule has 0 fully saturated rings. The molecule has 0 aliphatic carbocycles. The van der Waals surface area contributed by atoms with Crippen LogP contribution < -0.4 is 25.7 Å². The van der Waals surface area contributed by atoms with Crippen molar-refractivity contribution in [3.05, 3.63) is 53.8 Å². The summed E-state index contributed by atoms with van der Waals surface area (Å²) in [6.45, 7) is 1.15. The summed E-state index contributed by atoms with van der Waals surface area (Å²) < 4.78 is 12.4. The fourth-order valence-corrected chi connectivity index (χ4v) is 2.98. The molecule has 0 bridgehead atoms. The highest BCUT2D eigenvalue weighted by molar-refractivity contribution is 6.30. The molecule has 2 aromatic rings. The number of nitrogens with zero attached hydrogens (tertiary/aromatic N) is 4. The number of anilines is 1. The molecule has 0 aliphatic heterocycles. The van der Waals surface area contributed by atoms with Crippen molar-refractivity contribution in [3.8, 4) is 11.9 Å². The van der Waals surface area contributed by atoms with E-state index in [1.54, 1.807) is 40.2 Å². The minimum atomic E-state index is -0.479. The predicted octanol–water partition coefficient (Wildman–Crippen LogP) is 2.33. The molecule has 0 saturated carbocycles. The van der Waals surface area contributed by atoms with Crippen LogP contribution in [0.4, 0.5) is 5.69 Å². The third kappa shape index (κ3) is 8.79. The predicted molar refractivity (Wildman–Crippen MR) is 122 cm³/mol. The summed E-state index contributed by atoms with van der Waals surface area (Å²) in [6.07, 6.45) is 8.99. The zero-order chi connectivity index (χ0) is 23.2. The summed E-state index contributed by atoms with van der Waals surface area (Å²) in [5, 5.41) is 9.56. The highest BCUT2D eigenvalue weighted by Gasteiger charge is 2.13. The van der Waals surface area contributed by atoms with E-state index in [-0.39, 0.29) is 19.2 Å². The average molecular weight is 460 g/mol. The molecule has 0 saturated heterocycles. The number of ether oxygens (including phenoxy) is 2. The summed E-state index contributed by atoms with van der Waals surface area (Å²) in [7, 11) is 0. The molecule has 4 N–H and O–H groups in total. The van der Waals surface area contributed by atoms with Crippen LogP contribution in [0.25, 0.3) is 0 Å². The zero-order valence-corrected chi connectivity index (χ0v) is 18.6. The lowest BCUT2D eigenvalue weighted by molar-refractivity contribution is -0.727. The summed E-state index contributed by atoms with van der Waals surface area (Å²) in [5.41, 5.74) is 12.0. The van der Waals surface area contributed by atoms with Crippen molar-refractivity contribution in [2.45, 2.75) is 32.4 Å². The molecule has 0 aliphatic rings.